The first-order chi connectivity index (χ1) is 5.72. The summed E-state index contributed by atoms with van der Waals surface area (Å²) in [6, 6.07) is 0. The van der Waals surface area contributed by atoms with Gasteiger partial charge in [0.2, 0.25) is 5.91 Å². The number of amides is 1. The highest BCUT2D eigenvalue weighted by atomic mass is 16.6. The Bertz CT molecular complexity index is 175. The number of carbonyl (C=O) groups is 1. The van der Waals surface area contributed by atoms with Crippen molar-refractivity contribution < 1.29 is 9.53 Å². The van der Waals surface area contributed by atoms with Crippen molar-refractivity contribution in [1.29, 1.82) is 0 Å². The van der Waals surface area contributed by atoms with E-state index in [4.69, 9.17) is 4.74 Å². The molecular weight excluding hydrogens is 154 g/mol. The van der Waals surface area contributed by atoms with Crippen LogP contribution in [-0.4, -0.2) is 36.6 Å². The minimum absolute atomic E-state index is 0.0103. The fraction of sp³-hybridized carbons (Fsp3) is 0.889. The second kappa shape index (κ2) is 3.44. The highest BCUT2D eigenvalue weighted by molar-refractivity contribution is 5.78. The third-order valence-corrected chi connectivity index (χ3v) is 2.35. The van der Waals surface area contributed by atoms with Gasteiger partial charge in [0, 0.05) is 13.6 Å². The molecule has 0 aromatic heterocycles. The fourth-order valence-corrected chi connectivity index (χ4v) is 1.34. The molecule has 1 atom stereocenters. The summed E-state index contributed by atoms with van der Waals surface area (Å²) in [6.07, 6.45) is 1.62. The van der Waals surface area contributed by atoms with Gasteiger partial charge in [-0.25, -0.2) is 0 Å². The molecule has 1 unspecified atom stereocenters. The molecule has 2 saturated heterocycles. The Hall–Kier alpha value is -0.570. The van der Waals surface area contributed by atoms with Crippen LogP contribution in [0.4, 0.5) is 0 Å². The molecule has 12 heavy (non-hydrogen) atoms. The van der Waals surface area contributed by atoms with E-state index in [2.05, 4.69) is 0 Å². The van der Waals surface area contributed by atoms with Gasteiger partial charge in [0.05, 0.1) is 13.0 Å². The topological polar surface area (TPSA) is 32.8 Å². The Labute approximate surface area is 73.7 Å². The maximum absolute atomic E-state index is 11.1. The molecule has 2 rings (SSSR count). The van der Waals surface area contributed by atoms with E-state index < -0.39 is 0 Å². The van der Waals surface area contributed by atoms with E-state index in [1.54, 1.807) is 4.90 Å². The number of carbonyl (C=O) groups excluding carboxylic acids is 1. The van der Waals surface area contributed by atoms with Crippen LogP contribution in [0.15, 0.2) is 0 Å². The van der Waals surface area contributed by atoms with Gasteiger partial charge in [-0.3, -0.25) is 4.79 Å². The molecule has 2 aliphatic heterocycles. The minimum atomic E-state index is -0.0103. The van der Waals surface area contributed by atoms with Crippen LogP contribution < -0.4 is 0 Å². The minimum Gasteiger partial charge on any atom is -0.369 e. The summed E-state index contributed by atoms with van der Waals surface area (Å²) < 4.78 is 5.21. The smallest absolute Gasteiger partial charge is 0.225 e. The van der Waals surface area contributed by atoms with Crippen LogP contribution in [0.1, 0.15) is 26.7 Å². The number of hydrogen-bond acceptors (Lipinski definition) is 2. The number of hydrogen-bond donors (Lipinski definition) is 0. The van der Waals surface area contributed by atoms with Gasteiger partial charge in [-0.05, 0) is 6.42 Å². The quantitative estimate of drug-likeness (QED) is 0.510. The predicted molar refractivity (Wildman–Crippen MR) is 46.9 cm³/mol. The normalized spacial score (nSPS) is 32.9. The molecule has 3 nitrogen and oxygen atoms in total. The standard InChI is InChI=1S/C7H11NO2.C2H6/c1-8-3-2-7(5-10-7)4-6(8)9;1-2/h2-5H2,1H3;1-2H3. The van der Waals surface area contributed by atoms with Crippen LogP contribution in [0.25, 0.3) is 0 Å². The molecule has 0 aromatic rings. The van der Waals surface area contributed by atoms with Gasteiger partial charge >= 0.3 is 0 Å². The second-order valence-electron chi connectivity index (χ2n) is 3.21. The van der Waals surface area contributed by atoms with Gasteiger partial charge in [0.1, 0.15) is 5.60 Å². The Morgan fingerprint density at radius 2 is 2.08 bits per heavy atom. The number of piperidine rings is 1. The van der Waals surface area contributed by atoms with Gasteiger partial charge < -0.3 is 9.64 Å². The summed E-state index contributed by atoms with van der Waals surface area (Å²) in [4.78, 5) is 12.9. The van der Waals surface area contributed by atoms with Crippen molar-refractivity contribution in [1.82, 2.24) is 4.90 Å². The Kier molecular flexibility index (Phi) is 2.73. The van der Waals surface area contributed by atoms with Gasteiger partial charge in [-0.1, -0.05) is 13.8 Å². The SMILES string of the molecule is CC.CN1CCC2(CO2)CC1=O. The van der Waals surface area contributed by atoms with Crippen molar-refractivity contribution in [2.24, 2.45) is 0 Å². The Balaban J connectivity index is 0.000000336. The molecule has 2 fully saturated rings. The number of ether oxygens (including phenoxy) is 1. The van der Waals surface area contributed by atoms with Gasteiger partial charge in [0.25, 0.3) is 0 Å². The molecule has 3 heteroatoms. The van der Waals surface area contributed by atoms with Crippen LogP contribution in [0.5, 0.6) is 0 Å². The molecule has 0 N–H and O–H groups in total. The molecule has 1 amide bonds. The second-order valence-corrected chi connectivity index (χ2v) is 3.21. The summed E-state index contributed by atoms with van der Waals surface area (Å²) in [6.45, 7) is 5.66. The summed E-state index contributed by atoms with van der Waals surface area (Å²) >= 11 is 0. The number of epoxide rings is 1. The van der Waals surface area contributed by atoms with Crippen LogP contribution >= 0.6 is 0 Å². The van der Waals surface area contributed by atoms with Crippen LogP contribution in [0.3, 0.4) is 0 Å². The van der Waals surface area contributed by atoms with Crippen LogP contribution in [-0.2, 0) is 9.53 Å². The summed E-state index contributed by atoms with van der Waals surface area (Å²) in [5.41, 5.74) is -0.0103. The lowest BCUT2D eigenvalue weighted by atomic mass is 9.98. The molecule has 70 valence electrons. The van der Waals surface area contributed by atoms with E-state index in [0.717, 1.165) is 19.6 Å². The van der Waals surface area contributed by atoms with Gasteiger partial charge in [-0.15, -0.1) is 0 Å². The molecular formula is C9H17NO2. The molecule has 0 aliphatic carbocycles. The lowest BCUT2D eigenvalue weighted by Crippen LogP contribution is -2.39. The third-order valence-electron chi connectivity index (χ3n) is 2.35. The largest absolute Gasteiger partial charge is 0.369 e. The lowest BCUT2D eigenvalue weighted by molar-refractivity contribution is -0.133. The van der Waals surface area contributed by atoms with E-state index in [9.17, 15) is 4.79 Å². The van der Waals surface area contributed by atoms with E-state index in [1.165, 1.54) is 0 Å². The maximum atomic E-state index is 11.1. The van der Waals surface area contributed by atoms with E-state index in [-0.39, 0.29) is 11.5 Å². The average Bonchev–Trinajstić information content (AvgIpc) is 2.83. The summed E-state index contributed by atoms with van der Waals surface area (Å²) in [7, 11) is 1.84. The molecule has 0 radical (unpaired) electrons. The zero-order chi connectivity index (χ0) is 9.19. The molecule has 0 saturated carbocycles. The summed E-state index contributed by atoms with van der Waals surface area (Å²) in [5, 5.41) is 0. The van der Waals surface area contributed by atoms with Crippen molar-refractivity contribution in [2.75, 3.05) is 20.2 Å². The third kappa shape index (κ3) is 1.78. The first kappa shape index (κ1) is 9.52. The van der Waals surface area contributed by atoms with Crippen molar-refractivity contribution in [3.8, 4) is 0 Å². The Morgan fingerprint density at radius 3 is 2.50 bits per heavy atom. The van der Waals surface area contributed by atoms with Crippen LogP contribution in [0.2, 0.25) is 0 Å². The monoisotopic (exact) mass is 171 g/mol. The first-order valence-electron chi connectivity index (χ1n) is 4.60. The maximum Gasteiger partial charge on any atom is 0.225 e. The molecule has 0 bridgehead atoms. The molecule has 0 aromatic carbocycles. The van der Waals surface area contributed by atoms with E-state index >= 15 is 0 Å². The number of rotatable bonds is 0. The van der Waals surface area contributed by atoms with Crippen molar-refractivity contribution in [2.45, 2.75) is 32.3 Å². The molecule has 1 spiro atoms. The summed E-state index contributed by atoms with van der Waals surface area (Å²) in [5.74, 6) is 0.226. The molecule has 2 heterocycles. The Morgan fingerprint density at radius 1 is 1.50 bits per heavy atom. The zero-order valence-corrected chi connectivity index (χ0v) is 8.09. The zero-order valence-electron chi connectivity index (χ0n) is 8.09. The van der Waals surface area contributed by atoms with E-state index in [1.807, 2.05) is 20.9 Å². The van der Waals surface area contributed by atoms with Crippen molar-refractivity contribution in [3.63, 3.8) is 0 Å². The predicted octanol–water partition coefficient (Wildman–Crippen LogP) is 1.03. The van der Waals surface area contributed by atoms with Gasteiger partial charge in [-0.2, -0.15) is 0 Å². The lowest BCUT2D eigenvalue weighted by Gasteiger charge is -2.26. The van der Waals surface area contributed by atoms with Crippen LogP contribution in [0, 0.1) is 0 Å². The first-order valence-corrected chi connectivity index (χ1v) is 4.60. The number of nitrogens with zero attached hydrogens (tertiary/aromatic N) is 1. The number of likely N-dealkylation sites (tertiary alicyclic amines) is 1. The van der Waals surface area contributed by atoms with Gasteiger partial charge in [0.15, 0.2) is 0 Å². The average molecular weight is 171 g/mol. The van der Waals surface area contributed by atoms with Crippen molar-refractivity contribution >= 4 is 5.91 Å². The fourth-order valence-electron chi connectivity index (χ4n) is 1.34. The van der Waals surface area contributed by atoms with Crippen molar-refractivity contribution in [3.05, 3.63) is 0 Å². The van der Waals surface area contributed by atoms with E-state index in [0.29, 0.717) is 6.42 Å². The highest BCUT2D eigenvalue weighted by Crippen LogP contribution is 2.37. The molecule has 2 aliphatic rings. The highest BCUT2D eigenvalue weighted by Gasteiger charge is 2.49.